The Morgan fingerprint density at radius 1 is 1.35 bits per heavy atom. The highest BCUT2D eigenvalue weighted by Crippen LogP contribution is 2.20. The van der Waals surface area contributed by atoms with Crippen molar-refractivity contribution in [2.45, 2.75) is 13.3 Å². The summed E-state index contributed by atoms with van der Waals surface area (Å²) >= 11 is 11.9. The maximum absolute atomic E-state index is 6.09. The summed E-state index contributed by atoms with van der Waals surface area (Å²) in [4.78, 5) is 0. The van der Waals surface area contributed by atoms with E-state index in [1.165, 1.54) is 0 Å². The zero-order chi connectivity index (χ0) is 12.7. The van der Waals surface area contributed by atoms with E-state index in [4.69, 9.17) is 27.9 Å². The van der Waals surface area contributed by atoms with Crippen molar-refractivity contribution in [3.05, 3.63) is 33.8 Å². The highest BCUT2D eigenvalue weighted by molar-refractivity contribution is 6.35. The van der Waals surface area contributed by atoms with Gasteiger partial charge >= 0.3 is 0 Å². The molecule has 0 aliphatic carbocycles. The predicted octanol–water partition coefficient (Wildman–Crippen LogP) is 3.41. The molecule has 17 heavy (non-hydrogen) atoms. The zero-order valence-corrected chi connectivity index (χ0v) is 11.8. The second-order valence-electron chi connectivity index (χ2n) is 4.25. The first-order valence-corrected chi connectivity index (χ1v) is 6.52. The first-order valence-electron chi connectivity index (χ1n) is 5.77. The molecule has 0 amide bonds. The van der Waals surface area contributed by atoms with Gasteiger partial charge in [-0.25, -0.2) is 0 Å². The monoisotopic (exact) mass is 275 g/mol. The molecule has 0 fully saturated rings. The predicted molar refractivity (Wildman–Crippen MR) is 74.1 cm³/mol. The Balaban J connectivity index is 2.26. The summed E-state index contributed by atoms with van der Waals surface area (Å²) in [7, 11) is 1.73. The maximum atomic E-state index is 6.09. The minimum absolute atomic E-state index is 0.528. The van der Waals surface area contributed by atoms with Crippen LogP contribution in [0.4, 0.5) is 0 Å². The Morgan fingerprint density at radius 3 is 2.76 bits per heavy atom. The van der Waals surface area contributed by atoms with Crippen LogP contribution in [0.15, 0.2) is 18.2 Å². The second-order valence-corrected chi connectivity index (χ2v) is 5.09. The van der Waals surface area contributed by atoms with Gasteiger partial charge in [-0.2, -0.15) is 0 Å². The van der Waals surface area contributed by atoms with Crippen LogP contribution in [0.5, 0.6) is 0 Å². The van der Waals surface area contributed by atoms with Crippen LogP contribution in [-0.4, -0.2) is 26.8 Å². The summed E-state index contributed by atoms with van der Waals surface area (Å²) in [5.74, 6) is 0.528. The molecule has 0 saturated carbocycles. The van der Waals surface area contributed by atoms with Crippen LogP contribution in [0, 0.1) is 5.92 Å². The summed E-state index contributed by atoms with van der Waals surface area (Å²) in [6, 6.07) is 5.63. The van der Waals surface area contributed by atoms with Gasteiger partial charge in [-0.3, -0.25) is 0 Å². The highest BCUT2D eigenvalue weighted by atomic mass is 35.5. The van der Waals surface area contributed by atoms with Gasteiger partial charge in [0.25, 0.3) is 0 Å². The highest BCUT2D eigenvalue weighted by Gasteiger charge is 2.03. The third-order valence-corrected chi connectivity index (χ3v) is 3.12. The maximum Gasteiger partial charge on any atom is 0.0499 e. The smallest absolute Gasteiger partial charge is 0.0499 e. The number of halogens is 2. The van der Waals surface area contributed by atoms with Crippen molar-refractivity contribution in [3.8, 4) is 0 Å². The van der Waals surface area contributed by atoms with Crippen LogP contribution in [0.3, 0.4) is 0 Å². The van der Waals surface area contributed by atoms with E-state index < -0.39 is 0 Å². The number of hydrogen-bond acceptors (Lipinski definition) is 2. The standard InChI is InChI=1S/C13H19Cl2NO/c1-10(9-17-2)8-16-6-5-11-3-4-12(14)7-13(11)15/h3-4,7,10,16H,5-6,8-9H2,1-2H3. The lowest BCUT2D eigenvalue weighted by atomic mass is 10.1. The van der Waals surface area contributed by atoms with Crippen molar-refractivity contribution < 1.29 is 4.74 Å². The largest absolute Gasteiger partial charge is 0.384 e. The molecular formula is C13H19Cl2NO. The number of nitrogens with one attached hydrogen (secondary N) is 1. The van der Waals surface area contributed by atoms with Crippen LogP contribution < -0.4 is 5.32 Å². The third-order valence-electron chi connectivity index (χ3n) is 2.53. The molecule has 0 aliphatic heterocycles. The van der Waals surface area contributed by atoms with E-state index in [2.05, 4.69) is 12.2 Å². The Kier molecular flexibility index (Phi) is 6.90. The summed E-state index contributed by atoms with van der Waals surface area (Å²) < 4.78 is 5.08. The fraction of sp³-hybridized carbons (Fsp3) is 0.538. The van der Waals surface area contributed by atoms with E-state index in [9.17, 15) is 0 Å². The molecule has 1 rings (SSSR count). The van der Waals surface area contributed by atoms with Crippen molar-refractivity contribution >= 4 is 23.2 Å². The fourth-order valence-corrected chi connectivity index (χ4v) is 2.14. The van der Waals surface area contributed by atoms with Gasteiger partial charge in [-0.05, 0) is 43.1 Å². The van der Waals surface area contributed by atoms with Crippen LogP contribution in [-0.2, 0) is 11.2 Å². The van der Waals surface area contributed by atoms with Gasteiger partial charge in [0.2, 0.25) is 0 Å². The molecule has 4 heteroatoms. The average molecular weight is 276 g/mol. The fourth-order valence-electron chi connectivity index (χ4n) is 1.64. The van der Waals surface area contributed by atoms with E-state index in [1.54, 1.807) is 13.2 Å². The van der Waals surface area contributed by atoms with Crippen molar-refractivity contribution in [3.63, 3.8) is 0 Å². The molecule has 0 saturated heterocycles. The van der Waals surface area contributed by atoms with Gasteiger partial charge in [-0.15, -0.1) is 0 Å². The molecule has 0 aromatic heterocycles. The quantitative estimate of drug-likeness (QED) is 0.771. The molecule has 0 spiro atoms. The van der Waals surface area contributed by atoms with Crippen LogP contribution in [0.25, 0.3) is 0 Å². The second kappa shape index (κ2) is 7.93. The molecular weight excluding hydrogens is 257 g/mol. The molecule has 1 N–H and O–H groups in total. The molecule has 1 aromatic carbocycles. The number of methoxy groups -OCH3 is 1. The van der Waals surface area contributed by atoms with Crippen molar-refractivity contribution in [2.75, 3.05) is 26.8 Å². The molecule has 0 aliphatic rings. The topological polar surface area (TPSA) is 21.3 Å². The number of rotatable bonds is 7. The molecule has 1 aromatic rings. The van der Waals surface area contributed by atoms with Crippen molar-refractivity contribution in [2.24, 2.45) is 5.92 Å². The lowest BCUT2D eigenvalue weighted by Crippen LogP contribution is -2.25. The summed E-state index contributed by atoms with van der Waals surface area (Å²) in [6.07, 6.45) is 0.912. The SMILES string of the molecule is COCC(C)CNCCc1ccc(Cl)cc1Cl. The van der Waals surface area contributed by atoms with Gasteiger partial charge in [0.05, 0.1) is 0 Å². The molecule has 0 heterocycles. The number of benzene rings is 1. The molecule has 2 nitrogen and oxygen atoms in total. The number of hydrogen-bond donors (Lipinski definition) is 1. The summed E-state index contributed by atoms with van der Waals surface area (Å²) in [5, 5.41) is 4.81. The minimum Gasteiger partial charge on any atom is -0.384 e. The van der Waals surface area contributed by atoms with Crippen LogP contribution in [0.1, 0.15) is 12.5 Å². The van der Waals surface area contributed by atoms with Crippen molar-refractivity contribution in [1.82, 2.24) is 5.32 Å². The Morgan fingerprint density at radius 2 is 2.12 bits per heavy atom. The van der Waals surface area contributed by atoms with Crippen molar-refractivity contribution in [1.29, 1.82) is 0 Å². The molecule has 1 unspecified atom stereocenters. The van der Waals surface area contributed by atoms with Gasteiger partial charge < -0.3 is 10.1 Å². The summed E-state index contributed by atoms with van der Waals surface area (Å²) in [6.45, 7) is 4.81. The summed E-state index contributed by atoms with van der Waals surface area (Å²) in [5.41, 5.74) is 1.13. The van der Waals surface area contributed by atoms with E-state index in [0.717, 1.165) is 36.7 Å². The first-order chi connectivity index (χ1) is 8.13. The van der Waals surface area contributed by atoms with Gasteiger partial charge in [0, 0.05) is 23.8 Å². The molecule has 0 bridgehead atoms. The van der Waals surface area contributed by atoms with E-state index in [1.807, 2.05) is 12.1 Å². The molecule has 0 radical (unpaired) electrons. The normalized spacial score (nSPS) is 12.7. The van der Waals surface area contributed by atoms with E-state index in [0.29, 0.717) is 10.9 Å². The van der Waals surface area contributed by atoms with Gasteiger partial charge in [0.1, 0.15) is 0 Å². The third kappa shape index (κ3) is 5.73. The Bertz CT molecular complexity index is 344. The van der Waals surface area contributed by atoms with Gasteiger partial charge in [-0.1, -0.05) is 36.2 Å². The van der Waals surface area contributed by atoms with Gasteiger partial charge in [0.15, 0.2) is 0 Å². The Hall–Kier alpha value is -0.280. The Labute approximate surface area is 113 Å². The lowest BCUT2D eigenvalue weighted by Gasteiger charge is -2.11. The van der Waals surface area contributed by atoms with E-state index >= 15 is 0 Å². The first kappa shape index (κ1) is 14.8. The minimum atomic E-state index is 0.528. The average Bonchev–Trinajstić information content (AvgIpc) is 2.27. The number of ether oxygens (including phenoxy) is 1. The zero-order valence-electron chi connectivity index (χ0n) is 10.3. The van der Waals surface area contributed by atoms with Crippen LogP contribution in [0.2, 0.25) is 10.0 Å². The molecule has 1 atom stereocenters. The van der Waals surface area contributed by atoms with Crippen LogP contribution >= 0.6 is 23.2 Å². The van der Waals surface area contributed by atoms with E-state index in [-0.39, 0.29) is 0 Å². The molecule has 96 valence electrons. The lowest BCUT2D eigenvalue weighted by molar-refractivity contribution is 0.158.